The molecular weight excluding hydrogens is 286 g/mol. The highest BCUT2D eigenvalue weighted by molar-refractivity contribution is 7.09. The Hall–Kier alpha value is -1.95. The monoisotopic (exact) mass is 305 g/mol. The van der Waals surface area contributed by atoms with Crippen molar-refractivity contribution in [3.63, 3.8) is 0 Å². The molecule has 0 bridgehead atoms. The second-order valence-electron chi connectivity index (χ2n) is 5.00. The number of nitrogens with zero attached hydrogens (tertiary/aromatic N) is 2. The summed E-state index contributed by atoms with van der Waals surface area (Å²) in [5, 5.41) is 3.97. The average molecular weight is 305 g/mol. The molecule has 0 saturated heterocycles. The predicted octanol–water partition coefficient (Wildman–Crippen LogP) is 3.34. The minimum Gasteiger partial charge on any atom is -0.463 e. The van der Waals surface area contributed by atoms with E-state index in [1.54, 1.807) is 0 Å². The molecule has 0 spiro atoms. The van der Waals surface area contributed by atoms with Gasteiger partial charge in [-0.15, -0.1) is 0 Å². The van der Waals surface area contributed by atoms with Crippen LogP contribution in [0.25, 0.3) is 0 Å². The Morgan fingerprint density at radius 3 is 2.62 bits per heavy atom. The summed E-state index contributed by atoms with van der Waals surface area (Å²) < 4.78 is 9.38. The molecule has 1 heterocycles. The van der Waals surface area contributed by atoms with Crippen LogP contribution in [0.4, 0.5) is 5.13 Å². The maximum Gasteiger partial charge on any atom is 0.308 e. The zero-order chi connectivity index (χ0) is 15.2. The van der Waals surface area contributed by atoms with Gasteiger partial charge in [0.2, 0.25) is 5.13 Å². The maximum absolute atomic E-state index is 11.9. The molecule has 1 aromatic carbocycles. The zero-order valence-corrected chi connectivity index (χ0v) is 13.2. The first-order chi connectivity index (χ1) is 10.0. The second-order valence-corrected chi connectivity index (χ2v) is 5.75. The highest BCUT2D eigenvalue weighted by Crippen LogP contribution is 2.24. The van der Waals surface area contributed by atoms with Crippen molar-refractivity contribution in [2.75, 3.05) is 5.32 Å². The number of esters is 1. The van der Waals surface area contributed by atoms with E-state index in [4.69, 9.17) is 4.74 Å². The van der Waals surface area contributed by atoms with Gasteiger partial charge in [0, 0.05) is 11.5 Å². The quantitative estimate of drug-likeness (QED) is 0.829. The van der Waals surface area contributed by atoms with Gasteiger partial charge in [0.05, 0.1) is 18.6 Å². The van der Waals surface area contributed by atoms with Crippen LogP contribution in [-0.4, -0.2) is 21.4 Å². The van der Waals surface area contributed by atoms with Crippen LogP contribution in [-0.2, 0) is 9.53 Å². The molecule has 5 nitrogen and oxygen atoms in total. The highest BCUT2D eigenvalue weighted by Gasteiger charge is 2.19. The first kappa shape index (κ1) is 15.4. The summed E-state index contributed by atoms with van der Waals surface area (Å²) >= 11 is 1.29. The van der Waals surface area contributed by atoms with E-state index in [9.17, 15) is 4.79 Å². The van der Waals surface area contributed by atoms with Crippen molar-refractivity contribution in [3.05, 3.63) is 41.7 Å². The Kier molecular flexibility index (Phi) is 5.27. The molecule has 6 heteroatoms. The first-order valence-electron chi connectivity index (χ1n) is 6.86. The molecule has 0 aliphatic carbocycles. The Labute approximate surface area is 128 Å². The summed E-state index contributed by atoms with van der Waals surface area (Å²) in [5.74, 6) is 0.492. The van der Waals surface area contributed by atoms with E-state index in [-0.39, 0.29) is 24.5 Å². The topological polar surface area (TPSA) is 64.1 Å². The number of nitrogens with one attached hydrogen (secondary N) is 1. The average Bonchev–Trinajstić information content (AvgIpc) is 2.83. The smallest absolute Gasteiger partial charge is 0.308 e. The number of anilines is 1. The van der Waals surface area contributed by atoms with Gasteiger partial charge >= 0.3 is 5.97 Å². The Morgan fingerprint density at radius 1 is 1.33 bits per heavy atom. The van der Waals surface area contributed by atoms with Crippen molar-refractivity contribution in [3.8, 4) is 0 Å². The van der Waals surface area contributed by atoms with E-state index in [0.29, 0.717) is 5.13 Å². The summed E-state index contributed by atoms with van der Waals surface area (Å²) in [6.45, 7) is 5.53. The minimum absolute atomic E-state index is 0.113. The largest absolute Gasteiger partial charge is 0.463 e. The van der Waals surface area contributed by atoms with E-state index >= 15 is 0 Å². The van der Waals surface area contributed by atoms with Gasteiger partial charge in [0.15, 0.2) is 0 Å². The fourth-order valence-electron chi connectivity index (χ4n) is 1.92. The zero-order valence-electron chi connectivity index (χ0n) is 12.4. The van der Waals surface area contributed by atoms with Gasteiger partial charge in [-0.3, -0.25) is 4.79 Å². The maximum atomic E-state index is 11.9. The fourth-order valence-corrected chi connectivity index (χ4v) is 2.55. The molecule has 0 radical (unpaired) electrons. The van der Waals surface area contributed by atoms with Gasteiger partial charge in [-0.2, -0.15) is 4.37 Å². The highest BCUT2D eigenvalue weighted by atomic mass is 32.1. The molecule has 0 aliphatic heterocycles. The number of rotatable bonds is 6. The molecule has 112 valence electrons. The van der Waals surface area contributed by atoms with Crippen molar-refractivity contribution in [2.24, 2.45) is 0 Å². The molecular formula is C15H19N3O2S. The van der Waals surface area contributed by atoms with Gasteiger partial charge < -0.3 is 10.1 Å². The van der Waals surface area contributed by atoms with Crippen molar-refractivity contribution in [1.82, 2.24) is 9.36 Å². The van der Waals surface area contributed by atoms with E-state index < -0.39 is 0 Å². The van der Waals surface area contributed by atoms with Crippen molar-refractivity contribution in [2.45, 2.75) is 39.3 Å². The molecule has 1 aromatic heterocycles. The number of carbonyl (C=O) groups is 1. The Bertz CT molecular complexity index is 584. The molecule has 1 N–H and O–H groups in total. The molecule has 0 fully saturated rings. The number of hydrogen-bond donors (Lipinski definition) is 1. The lowest BCUT2D eigenvalue weighted by molar-refractivity contribution is -0.147. The van der Waals surface area contributed by atoms with Crippen LogP contribution in [0, 0.1) is 6.92 Å². The van der Waals surface area contributed by atoms with Crippen molar-refractivity contribution >= 4 is 22.6 Å². The Balaban J connectivity index is 2.12. The molecule has 2 aromatic rings. The summed E-state index contributed by atoms with van der Waals surface area (Å²) in [6, 6.07) is 9.63. The molecule has 2 rings (SSSR count). The number of benzene rings is 1. The Morgan fingerprint density at radius 2 is 2.05 bits per heavy atom. The van der Waals surface area contributed by atoms with Gasteiger partial charge in [-0.1, -0.05) is 30.3 Å². The number of aryl methyl sites for hydroxylation is 1. The molecule has 1 atom stereocenters. The lowest BCUT2D eigenvalue weighted by atomic mass is 10.0. The van der Waals surface area contributed by atoms with E-state index in [0.717, 1.165) is 11.4 Å². The number of hydrogen-bond acceptors (Lipinski definition) is 6. The number of aromatic nitrogens is 2. The van der Waals surface area contributed by atoms with E-state index in [1.165, 1.54) is 11.5 Å². The van der Waals surface area contributed by atoms with Gasteiger partial charge in [0.1, 0.15) is 5.82 Å². The summed E-state index contributed by atoms with van der Waals surface area (Å²) in [5.41, 5.74) is 1.02. The van der Waals surface area contributed by atoms with Crippen LogP contribution < -0.4 is 5.32 Å². The summed E-state index contributed by atoms with van der Waals surface area (Å²) in [7, 11) is 0. The molecule has 0 saturated carbocycles. The fraction of sp³-hybridized carbons (Fsp3) is 0.400. The predicted molar refractivity (Wildman–Crippen MR) is 83.3 cm³/mol. The SMILES string of the molecule is Cc1nsc(NC(CC(=O)OC(C)C)c2ccccc2)n1. The van der Waals surface area contributed by atoms with E-state index in [2.05, 4.69) is 14.7 Å². The number of carbonyl (C=O) groups excluding carboxylic acids is 1. The van der Waals surface area contributed by atoms with Gasteiger partial charge in [-0.25, -0.2) is 4.98 Å². The lowest BCUT2D eigenvalue weighted by Gasteiger charge is -2.18. The van der Waals surface area contributed by atoms with Crippen LogP contribution in [0.3, 0.4) is 0 Å². The molecule has 0 amide bonds. The van der Waals surface area contributed by atoms with Crippen molar-refractivity contribution < 1.29 is 9.53 Å². The first-order valence-corrected chi connectivity index (χ1v) is 7.63. The van der Waals surface area contributed by atoms with Gasteiger partial charge in [-0.05, 0) is 26.3 Å². The van der Waals surface area contributed by atoms with E-state index in [1.807, 2.05) is 51.1 Å². The third kappa shape index (κ3) is 4.82. The third-order valence-corrected chi connectivity index (χ3v) is 3.50. The summed E-state index contributed by atoms with van der Waals surface area (Å²) in [6.07, 6.45) is 0.138. The van der Waals surface area contributed by atoms with Crippen LogP contribution in [0.5, 0.6) is 0 Å². The molecule has 0 aliphatic rings. The normalized spacial score (nSPS) is 12.2. The third-order valence-electron chi connectivity index (χ3n) is 2.77. The number of ether oxygens (including phenoxy) is 1. The minimum atomic E-state index is -0.229. The second kappa shape index (κ2) is 7.17. The van der Waals surface area contributed by atoms with Crippen molar-refractivity contribution in [1.29, 1.82) is 0 Å². The van der Waals surface area contributed by atoms with Crippen LogP contribution in [0.15, 0.2) is 30.3 Å². The molecule has 1 unspecified atom stereocenters. The standard InChI is InChI=1S/C15H19N3O2S/c1-10(2)20-14(19)9-13(12-7-5-4-6-8-12)17-15-16-11(3)18-21-15/h4-8,10,13H,9H2,1-3H3,(H,16,17,18). The van der Waals surface area contributed by atoms with Gasteiger partial charge in [0.25, 0.3) is 0 Å². The molecule has 21 heavy (non-hydrogen) atoms. The van der Waals surface area contributed by atoms with Crippen LogP contribution in [0.2, 0.25) is 0 Å². The summed E-state index contributed by atoms with van der Waals surface area (Å²) in [4.78, 5) is 16.2. The van der Waals surface area contributed by atoms with Crippen LogP contribution in [0.1, 0.15) is 37.7 Å². The van der Waals surface area contributed by atoms with Crippen LogP contribution >= 0.6 is 11.5 Å². The lowest BCUT2D eigenvalue weighted by Crippen LogP contribution is -2.19.